The van der Waals surface area contributed by atoms with Crippen LogP contribution in [0.1, 0.15) is 27.7 Å². The van der Waals surface area contributed by atoms with Crippen LogP contribution >= 0.6 is 0 Å². The molecule has 3 nitrogen and oxygen atoms in total. The molecular weight excluding hydrogens is 176 g/mol. The van der Waals surface area contributed by atoms with Crippen molar-refractivity contribution in [2.24, 2.45) is 0 Å². The van der Waals surface area contributed by atoms with Crippen LogP contribution in [0.25, 0.3) is 0 Å². The number of likely N-dealkylation sites (N-methyl/N-ethyl adjacent to an activating group) is 2. The summed E-state index contributed by atoms with van der Waals surface area (Å²) in [4.78, 5) is 2.44. The molecule has 0 saturated carbocycles. The summed E-state index contributed by atoms with van der Waals surface area (Å²) in [6, 6.07) is 1.06. The van der Waals surface area contributed by atoms with E-state index in [9.17, 15) is 0 Å². The van der Waals surface area contributed by atoms with Crippen LogP contribution in [0.4, 0.5) is 0 Å². The summed E-state index contributed by atoms with van der Waals surface area (Å²) < 4.78 is 5.17. The monoisotopic (exact) mass is 202 g/mol. The van der Waals surface area contributed by atoms with Crippen molar-refractivity contribution < 1.29 is 4.74 Å². The first-order chi connectivity index (χ1) is 6.65. The molecule has 0 aromatic heterocycles. The van der Waals surface area contributed by atoms with Crippen LogP contribution in [-0.2, 0) is 4.74 Å². The van der Waals surface area contributed by atoms with E-state index >= 15 is 0 Å². The molecule has 0 bridgehead atoms. The first-order valence-corrected chi connectivity index (χ1v) is 5.62. The second kappa shape index (κ2) is 8.21. The molecule has 0 aromatic carbocycles. The Kier molecular flexibility index (Phi) is 8.14. The Balaban J connectivity index is 3.87. The van der Waals surface area contributed by atoms with Gasteiger partial charge in [0.05, 0.1) is 6.61 Å². The molecule has 2 atom stereocenters. The van der Waals surface area contributed by atoms with E-state index in [4.69, 9.17) is 4.74 Å². The Hall–Kier alpha value is -0.120. The van der Waals surface area contributed by atoms with Gasteiger partial charge in [-0.1, -0.05) is 13.8 Å². The molecule has 0 heterocycles. The van der Waals surface area contributed by atoms with Crippen molar-refractivity contribution in [1.29, 1.82) is 0 Å². The highest BCUT2D eigenvalue weighted by Crippen LogP contribution is 2.00. The highest BCUT2D eigenvalue weighted by molar-refractivity contribution is 4.71. The molecular formula is C11H26N2O. The van der Waals surface area contributed by atoms with E-state index in [1.165, 1.54) is 0 Å². The standard InChI is InChI=1S/C11H26N2O/c1-6-12-10(3)8-13(7-2)11(4)9-14-5/h10-12H,6-9H2,1-5H3. The Morgan fingerprint density at radius 3 is 2.36 bits per heavy atom. The number of ether oxygens (including phenoxy) is 1. The normalized spacial score (nSPS) is 15.9. The van der Waals surface area contributed by atoms with Gasteiger partial charge in [0.25, 0.3) is 0 Å². The number of methoxy groups -OCH3 is 1. The smallest absolute Gasteiger partial charge is 0.0615 e. The lowest BCUT2D eigenvalue weighted by atomic mass is 10.2. The highest BCUT2D eigenvalue weighted by Gasteiger charge is 2.13. The maximum absolute atomic E-state index is 5.17. The van der Waals surface area contributed by atoms with Crippen LogP contribution in [0, 0.1) is 0 Å². The summed E-state index contributed by atoms with van der Waals surface area (Å²) in [5.74, 6) is 0. The van der Waals surface area contributed by atoms with Crippen molar-refractivity contribution in [2.45, 2.75) is 39.8 Å². The van der Waals surface area contributed by atoms with Crippen molar-refractivity contribution in [3.05, 3.63) is 0 Å². The van der Waals surface area contributed by atoms with E-state index in [0.717, 1.165) is 26.2 Å². The van der Waals surface area contributed by atoms with Gasteiger partial charge in [-0.25, -0.2) is 0 Å². The summed E-state index contributed by atoms with van der Waals surface area (Å²) >= 11 is 0. The summed E-state index contributed by atoms with van der Waals surface area (Å²) in [7, 11) is 1.76. The number of rotatable bonds is 8. The fourth-order valence-electron chi connectivity index (χ4n) is 1.73. The number of nitrogens with zero attached hydrogens (tertiary/aromatic N) is 1. The van der Waals surface area contributed by atoms with Gasteiger partial charge < -0.3 is 10.1 Å². The van der Waals surface area contributed by atoms with Crippen molar-refractivity contribution in [3.63, 3.8) is 0 Å². The second-order valence-electron chi connectivity index (χ2n) is 3.85. The molecule has 0 radical (unpaired) electrons. The Morgan fingerprint density at radius 1 is 1.29 bits per heavy atom. The van der Waals surface area contributed by atoms with Gasteiger partial charge in [-0.3, -0.25) is 4.90 Å². The van der Waals surface area contributed by atoms with Crippen LogP contribution in [0.3, 0.4) is 0 Å². The molecule has 0 spiro atoms. The fourth-order valence-corrected chi connectivity index (χ4v) is 1.73. The molecule has 0 aliphatic heterocycles. The number of hydrogen-bond donors (Lipinski definition) is 1. The van der Waals surface area contributed by atoms with Gasteiger partial charge in [0.1, 0.15) is 0 Å². The summed E-state index contributed by atoms with van der Waals surface area (Å²) in [6.45, 7) is 12.8. The largest absolute Gasteiger partial charge is 0.383 e. The number of nitrogens with one attached hydrogen (secondary N) is 1. The zero-order valence-corrected chi connectivity index (χ0v) is 10.3. The third kappa shape index (κ3) is 5.58. The minimum atomic E-state index is 0.506. The molecule has 86 valence electrons. The molecule has 0 saturated heterocycles. The average Bonchev–Trinajstić information content (AvgIpc) is 2.15. The van der Waals surface area contributed by atoms with Crippen LogP contribution in [0.15, 0.2) is 0 Å². The van der Waals surface area contributed by atoms with E-state index in [1.807, 2.05) is 0 Å². The average molecular weight is 202 g/mol. The lowest BCUT2D eigenvalue weighted by molar-refractivity contribution is 0.0972. The summed E-state index contributed by atoms with van der Waals surface area (Å²) in [6.07, 6.45) is 0. The summed E-state index contributed by atoms with van der Waals surface area (Å²) in [5, 5.41) is 3.42. The van der Waals surface area contributed by atoms with Crippen molar-refractivity contribution in [1.82, 2.24) is 10.2 Å². The molecule has 0 aliphatic rings. The second-order valence-corrected chi connectivity index (χ2v) is 3.85. The summed E-state index contributed by atoms with van der Waals surface area (Å²) in [5.41, 5.74) is 0. The molecule has 1 N–H and O–H groups in total. The molecule has 14 heavy (non-hydrogen) atoms. The first-order valence-electron chi connectivity index (χ1n) is 5.62. The lowest BCUT2D eigenvalue weighted by Crippen LogP contribution is -2.44. The Morgan fingerprint density at radius 2 is 1.93 bits per heavy atom. The highest BCUT2D eigenvalue weighted by atomic mass is 16.5. The van der Waals surface area contributed by atoms with Crippen LogP contribution in [0.2, 0.25) is 0 Å². The molecule has 0 rings (SSSR count). The molecule has 2 unspecified atom stereocenters. The predicted octanol–water partition coefficient (Wildman–Crippen LogP) is 1.34. The Bertz CT molecular complexity index is 130. The zero-order valence-electron chi connectivity index (χ0n) is 10.3. The topological polar surface area (TPSA) is 24.5 Å². The van der Waals surface area contributed by atoms with E-state index in [-0.39, 0.29) is 0 Å². The van der Waals surface area contributed by atoms with E-state index < -0.39 is 0 Å². The van der Waals surface area contributed by atoms with Gasteiger partial charge in [-0.05, 0) is 26.9 Å². The van der Waals surface area contributed by atoms with Gasteiger partial charge >= 0.3 is 0 Å². The van der Waals surface area contributed by atoms with Crippen molar-refractivity contribution >= 4 is 0 Å². The van der Waals surface area contributed by atoms with Crippen LogP contribution in [0.5, 0.6) is 0 Å². The van der Waals surface area contributed by atoms with Gasteiger partial charge in [-0.2, -0.15) is 0 Å². The SMILES string of the molecule is CCNC(C)CN(CC)C(C)COC. The first kappa shape index (κ1) is 13.9. The third-order valence-electron chi connectivity index (χ3n) is 2.50. The van der Waals surface area contributed by atoms with Crippen LogP contribution < -0.4 is 5.32 Å². The minimum absolute atomic E-state index is 0.506. The van der Waals surface area contributed by atoms with Gasteiger partial charge in [0.2, 0.25) is 0 Å². The van der Waals surface area contributed by atoms with Crippen LogP contribution in [-0.4, -0.2) is 50.3 Å². The van der Waals surface area contributed by atoms with Crippen molar-refractivity contribution in [3.8, 4) is 0 Å². The van der Waals surface area contributed by atoms with Gasteiger partial charge in [0, 0.05) is 25.7 Å². The molecule has 3 heteroatoms. The molecule has 0 amide bonds. The molecule has 0 aliphatic carbocycles. The minimum Gasteiger partial charge on any atom is -0.383 e. The van der Waals surface area contributed by atoms with Crippen molar-refractivity contribution in [2.75, 3.05) is 33.4 Å². The van der Waals surface area contributed by atoms with E-state index in [1.54, 1.807) is 7.11 Å². The molecule has 0 aromatic rings. The maximum atomic E-state index is 5.17. The maximum Gasteiger partial charge on any atom is 0.0615 e. The van der Waals surface area contributed by atoms with E-state index in [0.29, 0.717) is 12.1 Å². The third-order valence-corrected chi connectivity index (χ3v) is 2.50. The van der Waals surface area contributed by atoms with E-state index in [2.05, 4.69) is 37.9 Å². The molecule has 0 fully saturated rings. The quantitative estimate of drug-likeness (QED) is 0.643. The van der Waals surface area contributed by atoms with Gasteiger partial charge in [0.15, 0.2) is 0 Å². The lowest BCUT2D eigenvalue weighted by Gasteiger charge is -2.30. The van der Waals surface area contributed by atoms with Gasteiger partial charge in [-0.15, -0.1) is 0 Å². The fraction of sp³-hybridized carbons (Fsp3) is 1.00. The predicted molar refractivity (Wildman–Crippen MR) is 61.7 cm³/mol. The zero-order chi connectivity index (χ0) is 11.0. The Labute approximate surface area is 88.8 Å². The number of hydrogen-bond acceptors (Lipinski definition) is 3.